The largest absolute Gasteiger partial charge is 0.383 e. The summed E-state index contributed by atoms with van der Waals surface area (Å²) in [6.07, 6.45) is 2.64. The number of hydrogen-bond acceptors (Lipinski definition) is 5. The van der Waals surface area contributed by atoms with Crippen LogP contribution in [0, 0.1) is 0 Å². The van der Waals surface area contributed by atoms with Gasteiger partial charge in [-0.05, 0) is 12.5 Å². The van der Waals surface area contributed by atoms with Crippen LogP contribution in [0.3, 0.4) is 0 Å². The zero-order valence-corrected chi connectivity index (χ0v) is 17.0. The zero-order valence-electron chi connectivity index (χ0n) is 16.2. The summed E-state index contributed by atoms with van der Waals surface area (Å²) >= 11 is 0. The summed E-state index contributed by atoms with van der Waals surface area (Å²) in [6.45, 7) is 4.02. The molecule has 0 aliphatic carbocycles. The first kappa shape index (κ1) is 19.4. The van der Waals surface area contributed by atoms with Crippen LogP contribution in [-0.2, 0) is 21.1 Å². The van der Waals surface area contributed by atoms with Gasteiger partial charge in [0.05, 0.1) is 23.7 Å². The number of benzene rings is 1. The summed E-state index contributed by atoms with van der Waals surface area (Å²) in [7, 11) is -1.21. The minimum Gasteiger partial charge on any atom is -0.383 e. The molecule has 0 bridgehead atoms. The van der Waals surface area contributed by atoms with Crippen LogP contribution >= 0.6 is 0 Å². The van der Waals surface area contributed by atoms with Crippen molar-refractivity contribution in [2.75, 3.05) is 51.4 Å². The van der Waals surface area contributed by atoms with E-state index in [4.69, 9.17) is 4.74 Å². The second-order valence-electron chi connectivity index (χ2n) is 7.63. The number of amides is 1. The average Bonchev–Trinajstić information content (AvgIpc) is 3.26. The predicted molar refractivity (Wildman–Crippen MR) is 108 cm³/mol. The fraction of sp³-hybridized carbons (Fsp3) is 0.550. The molecule has 28 heavy (non-hydrogen) atoms. The molecule has 0 N–H and O–H groups in total. The van der Waals surface area contributed by atoms with E-state index in [1.807, 2.05) is 35.4 Å². The van der Waals surface area contributed by atoms with Crippen molar-refractivity contribution in [2.24, 2.45) is 0 Å². The van der Waals surface area contributed by atoms with Crippen molar-refractivity contribution in [1.29, 1.82) is 0 Å². The molecule has 0 radical (unpaired) electrons. The Morgan fingerprint density at radius 2 is 1.93 bits per heavy atom. The third-order valence-corrected chi connectivity index (χ3v) is 7.63. The number of methoxy groups -OCH3 is 1. The van der Waals surface area contributed by atoms with Crippen molar-refractivity contribution in [1.82, 2.24) is 14.4 Å². The molecule has 2 aliphatic rings. The molecule has 2 fully saturated rings. The van der Waals surface area contributed by atoms with E-state index in [1.165, 1.54) is 0 Å². The van der Waals surface area contributed by atoms with Crippen LogP contribution in [0.4, 0.5) is 0 Å². The molecular weight excluding hydrogens is 378 g/mol. The van der Waals surface area contributed by atoms with E-state index in [-0.39, 0.29) is 23.5 Å². The highest BCUT2D eigenvalue weighted by Crippen LogP contribution is 2.24. The second kappa shape index (κ2) is 7.85. The van der Waals surface area contributed by atoms with Gasteiger partial charge >= 0.3 is 0 Å². The number of rotatable bonds is 5. The molecule has 152 valence electrons. The summed E-state index contributed by atoms with van der Waals surface area (Å²) in [5.74, 6) is 0.595. The summed E-state index contributed by atoms with van der Waals surface area (Å²) in [5.41, 5.74) is 1.77. The van der Waals surface area contributed by atoms with Gasteiger partial charge in [-0.15, -0.1) is 0 Å². The predicted octanol–water partition coefficient (Wildman–Crippen LogP) is 1.23. The van der Waals surface area contributed by atoms with Gasteiger partial charge in [0.15, 0.2) is 9.84 Å². The van der Waals surface area contributed by atoms with E-state index in [2.05, 4.69) is 9.47 Å². The molecule has 1 aromatic carbocycles. The Kier molecular flexibility index (Phi) is 5.44. The van der Waals surface area contributed by atoms with E-state index in [1.54, 1.807) is 7.11 Å². The number of fused-ring (bicyclic) bond motifs is 1. The number of para-hydroxylation sites is 1. The van der Waals surface area contributed by atoms with Gasteiger partial charge in [0.1, 0.15) is 0 Å². The van der Waals surface area contributed by atoms with Gasteiger partial charge in [0.2, 0.25) is 0 Å². The number of piperazine rings is 1. The quantitative estimate of drug-likeness (QED) is 0.748. The molecule has 2 aliphatic heterocycles. The Morgan fingerprint density at radius 3 is 2.61 bits per heavy atom. The first-order chi connectivity index (χ1) is 13.5. The molecule has 1 amide bonds. The Bertz CT molecular complexity index is 961. The summed E-state index contributed by atoms with van der Waals surface area (Å²) in [4.78, 5) is 17.3. The zero-order chi connectivity index (χ0) is 19.7. The van der Waals surface area contributed by atoms with Gasteiger partial charge in [-0.25, -0.2) is 8.42 Å². The monoisotopic (exact) mass is 405 g/mol. The standard InChI is InChI=1S/C20H27N3O4S/c1-27-12-11-23-14-18(17-4-2-3-5-19(17)23)20(24)22-9-7-21(8-10-22)16-6-13-28(25,26)15-16/h2-5,14,16H,6-13,15H2,1H3/t16-/m0/s1. The van der Waals surface area contributed by atoms with Crippen LogP contribution in [0.25, 0.3) is 10.9 Å². The lowest BCUT2D eigenvalue weighted by Crippen LogP contribution is -2.52. The summed E-state index contributed by atoms with van der Waals surface area (Å²) < 4.78 is 30.7. The van der Waals surface area contributed by atoms with Crippen LogP contribution in [-0.4, -0.2) is 86.1 Å². The van der Waals surface area contributed by atoms with Gasteiger partial charge < -0.3 is 14.2 Å². The average molecular weight is 406 g/mol. The van der Waals surface area contributed by atoms with Crippen LogP contribution in [0.5, 0.6) is 0 Å². The maximum Gasteiger partial charge on any atom is 0.256 e. The number of ether oxygens (including phenoxy) is 1. The second-order valence-corrected chi connectivity index (χ2v) is 9.86. The normalized spacial score (nSPS) is 22.8. The number of aromatic nitrogens is 1. The molecule has 2 saturated heterocycles. The SMILES string of the molecule is COCCn1cc(C(=O)N2CCN([C@H]3CCS(=O)(=O)C3)CC2)c2ccccc21. The Hall–Kier alpha value is -1.90. The Morgan fingerprint density at radius 1 is 1.18 bits per heavy atom. The van der Waals surface area contributed by atoms with Gasteiger partial charge in [0, 0.05) is 63.0 Å². The highest BCUT2D eigenvalue weighted by atomic mass is 32.2. The third-order valence-electron chi connectivity index (χ3n) is 5.88. The van der Waals surface area contributed by atoms with E-state index in [9.17, 15) is 13.2 Å². The van der Waals surface area contributed by atoms with Crippen LogP contribution < -0.4 is 0 Å². The van der Waals surface area contributed by atoms with Gasteiger partial charge in [-0.3, -0.25) is 9.69 Å². The molecule has 7 nitrogen and oxygen atoms in total. The molecule has 1 atom stereocenters. The maximum atomic E-state index is 13.2. The van der Waals surface area contributed by atoms with Gasteiger partial charge in [-0.1, -0.05) is 18.2 Å². The lowest BCUT2D eigenvalue weighted by atomic mass is 10.1. The molecule has 4 rings (SSSR count). The van der Waals surface area contributed by atoms with Crippen molar-refractivity contribution in [3.8, 4) is 0 Å². The van der Waals surface area contributed by atoms with Crippen LogP contribution in [0.15, 0.2) is 30.5 Å². The summed E-state index contributed by atoms with van der Waals surface area (Å²) in [5, 5.41) is 0.966. The lowest BCUT2D eigenvalue weighted by molar-refractivity contribution is 0.0589. The molecule has 2 aromatic rings. The van der Waals surface area contributed by atoms with Gasteiger partial charge in [-0.2, -0.15) is 0 Å². The number of carbonyl (C=O) groups is 1. The molecule has 8 heteroatoms. The topological polar surface area (TPSA) is 71.8 Å². The maximum absolute atomic E-state index is 13.2. The third kappa shape index (κ3) is 3.81. The van der Waals surface area contributed by atoms with Crippen molar-refractivity contribution in [3.63, 3.8) is 0 Å². The van der Waals surface area contributed by atoms with E-state index in [0.717, 1.165) is 29.6 Å². The van der Waals surface area contributed by atoms with Crippen molar-refractivity contribution >= 4 is 26.6 Å². The highest BCUT2D eigenvalue weighted by molar-refractivity contribution is 7.91. The van der Waals surface area contributed by atoms with E-state index >= 15 is 0 Å². The lowest BCUT2D eigenvalue weighted by Gasteiger charge is -2.37. The van der Waals surface area contributed by atoms with E-state index in [0.29, 0.717) is 32.7 Å². The fourth-order valence-corrected chi connectivity index (χ4v) is 6.08. The fourth-order valence-electron chi connectivity index (χ4n) is 4.32. The molecule has 0 unspecified atom stereocenters. The number of nitrogens with zero attached hydrogens (tertiary/aromatic N) is 3. The van der Waals surface area contributed by atoms with Crippen molar-refractivity contribution < 1.29 is 17.9 Å². The Balaban J connectivity index is 1.47. The van der Waals surface area contributed by atoms with Crippen LogP contribution in [0.1, 0.15) is 16.8 Å². The van der Waals surface area contributed by atoms with E-state index < -0.39 is 9.84 Å². The molecule has 0 spiro atoms. The van der Waals surface area contributed by atoms with Gasteiger partial charge in [0.25, 0.3) is 5.91 Å². The first-order valence-corrected chi connectivity index (χ1v) is 11.6. The molecule has 3 heterocycles. The minimum atomic E-state index is -2.88. The number of carbonyl (C=O) groups excluding carboxylic acids is 1. The molecule has 0 saturated carbocycles. The smallest absolute Gasteiger partial charge is 0.256 e. The molecule has 1 aromatic heterocycles. The number of sulfone groups is 1. The van der Waals surface area contributed by atoms with Crippen molar-refractivity contribution in [2.45, 2.75) is 19.0 Å². The molecular formula is C20H27N3O4S. The highest BCUT2D eigenvalue weighted by Gasteiger charge is 2.34. The van der Waals surface area contributed by atoms with Crippen LogP contribution in [0.2, 0.25) is 0 Å². The number of hydrogen-bond donors (Lipinski definition) is 0. The minimum absolute atomic E-state index is 0.0473. The first-order valence-electron chi connectivity index (χ1n) is 9.79. The summed E-state index contributed by atoms with van der Waals surface area (Å²) in [6, 6.07) is 8.07. The Labute approximate surface area is 165 Å². The van der Waals surface area contributed by atoms with Crippen molar-refractivity contribution in [3.05, 3.63) is 36.0 Å².